The minimum atomic E-state index is -3.46. The van der Waals surface area contributed by atoms with Crippen LogP contribution >= 0.6 is 27.3 Å². The van der Waals surface area contributed by atoms with Crippen molar-refractivity contribution < 1.29 is 17.6 Å². The Morgan fingerprint density at radius 1 is 1.36 bits per heavy atom. The van der Waals surface area contributed by atoms with Gasteiger partial charge in [0.1, 0.15) is 21.8 Å². The summed E-state index contributed by atoms with van der Waals surface area (Å²) >= 11 is 4.43. The van der Waals surface area contributed by atoms with Gasteiger partial charge in [0.05, 0.1) is 22.9 Å². The van der Waals surface area contributed by atoms with Crippen LogP contribution in [0.3, 0.4) is 0 Å². The number of ether oxygens (including phenoxy) is 1. The first kappa shape index (κ1) is 15.7. The molecule has 1 aliphatic rings. The van der Waals surface area contributed by atoms with Crippen LogP contribution in [0.5, 0.6) is 5.75 Å². The molecular formula is C13H12BrNO5S2. The summed E-state index contributed by atoms with van der Waals surface area (Å²) in [7, 11) is -3.46. The Labute approximate surface area is 139 Å². The molecule has 0 bridgehead atoms. The Morgan fingerprint density at radius 2 is 2.09 bits per heavy atom. The van der Waals surface area contributed by atoms with E-state index in [4.69, 9.17) is 9.15 Å². The summed E-state index contributed by atoms with van der Waals surface area (Å²) in [6, 6.07) is 6.14. The molecule has 2 aromatic rings. The number of hydrogen-bond acceptors (Lipinski definition) is 6. The maximum Gasteiger partial charge on any atom is 0.339 e. The van der Waals surface area contributed by atoms with Gasteiger partial charge in [-0.25, -0.2) is 13.2 Å². The largest absolute Gasteiger partial charge is 0.487 e. The molecule has 3 rings (SSSR count). The Balaban J connectivity index is 1.66. The van der Waals surface area contributed by atoms with Crippen LogP contribution in [0.2, 0.25) is 0 Å². The van der Waals surface area contributed by atoms with Gasteiger partial charge >= 0.3 is 5.63 Å². The normalized spacial score (nSPS) is 16.5. The zero-order chi connectivity index (χ0) is 15.9. The molecule has 0 N–H and O–H groups in total. The SMILES string of the molecule is Cc1cc(OC2CN(S(=O)(=O)c3ccc(Br)s3)C2)cc(=O)o1. The average molecular weight is 406 g/mol. The van der Waals surface area contributed by atoms with Crippen molar-refractivity contribution in [2.24, 2.45) is 0 Å². The molecule has 2 aromatic heterocycles. The van der Waals surface area contributed by atoms with E-state index in [2.05, 4.69) is 15.9 Å². The van der Waals surface area contributed by atoms with Gasteiger partial charge in [0.2, 0.25) is 0 Å². The maximum atomic E-state index is 12.3. The molecular weight excluding hydrogens is 394 g/mol. The van der Waals surface area contributed by atoms with Gasteiger partial charge in [-0.3, -0.25) is 0 Å². The molecule has 0 radical (unpaired) electrons. The second-order valence-electron chi connectivity index (χ2n) is 4.84. The van der Waals surface area contributed by atoms with Crippen molar-refractivity contribution in [3.05, 3.63) is 44.2 Å². The van der Waals surface area contributed by atoms with Crippen LogP contribution in [0, 0.1) is 6.92 Å². The molecule has 1 fully saturated rings. The van der Waals surface area contributed by atoms with Gasteiger partial charge in [0.25, 0.3) is 10.0 Å². The lowest BCUT2D eigenvalue weighted by Crippen LogP contribution is -2.55. The number of aryl methyl sites for hydroxylation is 1. The number of halogens is 1. The molecule has 0 aliphatic carbocycles. The molecule has 0 unspecified atom stereocenters. The first-order chi connectivity index (χ1) is 10.3. The average Bonchev–Trinajstić information content (AvgIpc) is 2.79. The molecule has 118 valence electrons. The third kappa shape index (κ3) is 3.12. The zero-order valence-corrected chi connectivity index (χ0v) is 14.7. The zero-order valence-electron chi connectivity index (χ0n) is 11.5. The van der Waals surface area contributed by atoms with Crippen molar-refractivity contribution >= 4 is 37.3 Å². The lowest BCUT2D eigenvalue weighted by atomic mass is 10.2. The van der Waals surface area contributed by atoms with Gasteiger partial charge < -0.3 is 9.15 Å². The smallest absolute Gasteiger partial charge is 0.339 e. The van der Waals surface area contributed by atoms with Gasteiger partial charge in [0.15, 0.2) is 0 Å². The summed E-state index contributed by atoms with van der Waals surface area (Å²) in [5.74, 6) is 0.851. The third-order valence-corrected chi connectivity index (χ3v) is 7.05. The van der Waals surface area contributed by atoms with Crippen molar-refractivity contribution in [2.75, 3.05) is 13.1 Å². The van der Waals surface area contributed by atoms with Crippen LogP contribution in [0.15, 0.2) is 41.5 Å². The number of rotatable bonds is 4. The van der Waals surface area contributed by atoms with E-state index >= 15 is 0 Å². The van der Waals surface area contributed by atoms with E-state index in [1.807, 2.05) is 0 Å². The van der Waals surface area contributed by atoms with E-state index < -0.39 is 15.6 Å². The number of hydrogen-bond donors (Lipinski definition) is 0. The summed E-state index contributed by atoms with van der Waals surface area (Å²) in [6.45, 7) is 2.18. The number of thiophene rings is 1. The summed E-state index contributed by atoms with van der Waals surface area (Å²) in [5, 5.41) is 0. The van der Waals surface area contributed by atoms with Gasteiger partial charge in [-0.15, -0.1) is 11.3 Å². The van der Waals surface area contributed by atoms with Gasteiger partial charge in [-0.05, 0) is 35.0 Å². The van der Waals surface area contributed by atoms with Crippen molar-refractivity contribution in [1.29, 1.82) is 0 Å². The van der Waals surface area contributed by atoms with Crippen LogP contribution in [0.1, 0.15) is 5.76 Å². The highest BCUT2D eigenvalue weighted by Gasteiger charge is 2.38. The van der Waals surface area contributed by atoms with Crippen LogP contribution < -0.4 is 10.4 Å². The van der Waals surface area contributed by atoms with Crippen LogP contribution in [-0.4, -0.2) is 31.9 Å². The van der Waals surface area contributed by atoms with Crippen LogP contribution in [0.4, 0.5) is 0 Å². The molecule has 1 aliphatic heterocycles. The van der Waals surface area contributed by atoms with E-state index in [-0.39, 0.29) is 19.2 Å². The number of sulfonamides is 1. The van der Waals surface area contributed by atoms with Gasteiger partial charge in [-0.1, -0.05) is 0 Å². The fraction of sp³-hybridized carbons (Fsp3) is 0.308. The molecule has 0 aromatic carbocycles. The van der Waals surface area contributed by atoms with Crippen molar-refractivity contribution in [1.82, 2.24) is 4.31 Å². The Kier molecular flexibility index (Phi) is 4.15. The quantitative estimate of drug-likeness (QED) is 0.779. The standard InChI is InChI=1S/C13H12BrNO5S2/c1-8-4-9(5-12(16)19-8)20-10-6-15(7-10)22(17,18)13-3-2-11(14)21-13/h2-5,10H,6-7H2,1H3. The topological polar surface area (TPSA) is 76.8 Å². The first-order valence-corrected chi connectivity index (χ1v) is 9.43. The Morgan fingerprint density at radius 3 is 2.68 bits per heavy atom. The van der Waals surface area contributed by atoms with Gasteiger partial charge in [-0.2, -0.15) is 4.31 Å². The minimum absolute atomic E-state index is 0.261. The highest BCUT2D eigenvalue weighted by atomic mass is 79.9. The maximum absolute atomic E-state index is 12.3. The minimum Gasteiger partial charge on any atom is -0.487 e. The van der Waals surface area contributed by atoms with E-state index in [0.29, 0.717) is 15.7 Å². The molecule has 0 amide bonds. The first-order valence-electron chi connectivity index (χ1n) is 6.38. The monoisotopic (exact) mass is 405 g/mol. The van der Waals surface area contributed by atoms with E-state index in [1.54, 1.807) is 25.1 Å². The fourth-order valence-electron chi connectivity index (χ4n) is 2.07. The second kappa shape index (κ2) is 5.80. The fourth-order valence-corrected chi connectivity index (χ4v) is 5.74. The predicted octanol–water partition coefficient (Wildman–Crippen LogP) is 2.22. The molecule has 0 atom stereocenters. The van der Waals surface area contributed by atoms with Crippen LogP contribution in [-0.2, 0) is 10.0 Å². The third-order valence-electron chi connectivity index (χ3n) is 3.13. The lowest BCUT2D eigenvalue weighted by molar-refractivity contribution is 0.0755. The summed E-state index contributed by atoms with van der Waals surface area (Å²) in [5.41, 5.74) is -0.484. The molecule has 0 saturated carbocycles. The molecule has 1 saturated heterocycles. The highest BCUT2D eigenvalue weighted by Crippen LogP contribution is 2.31. The Bertz CT molecular complexity index is 851. The summed E-state index contributed by atoms with van der Waals surface area (Å²) in [4.78, 5) is 11.3. The lowest BCUT2D eigenvalue weighted by Gasteiger charge is -2.37. The second-order valence-corrected chi connectivity index (χ2v) is 9.47. The number of nitrogens with zero attached hydrogens (tertiary/aromatic N) is 1. The van der Waals surface area contributed by atoms with Gasteiger partial charge in [0, 0.05) is 6.07 Å². The van der Waals surface area contributed by atoms with E-state index in [1.165, 1.54) is 21.7 Å². The van der Waals surface area contributed by atoms with Crippen LogP contribution in [0.25, 0.3) is 0 Å². The van der Waals surface area contributed by atoms with E-state index in [9.17, 15) is 13.2 Å². The highest BCUT2D eigenvalue weighted by molar-refractivity contribution is 9.11. The van der Waals surface area contributed by atoms with E-state index in [0.717, 1.165) is 3.79 Å². The Hall–Kier alpha value is -1.16. The molecule has 9 heteroatoms. The summed E-state index contributed by atoms with van der Waals surface area (Å²) in [6.07, 6.45) is -0.264. The predicted molar refractivity (Wildman–Crippen MR) is 84.9 cm³/mol. The molecule has 22 heavy (non-hydrogen) atoms. The molecule has 0 spiro atoms. The van der Waals surface area contributed by atoms with Crippen molar-refractivity contribution in [2.45, 2.75) is 17.2 Å². The van der Waals surface area contributed by atoms with Crippen molar-refractivity contribution in [3.8, 4) is 5.75 Å². The molecule has 3 heterocycles. The van der Waals surface area contributed by atoms with Crippen molar-refractivity contribution in [3.63, 3.8) is 0 Å². The summed E-state index contributed by atoms with van der Waals surface area (Å²) < 4.78 is 37.5. The molecule has 6 nitrogen and oxygen atoms in total.